The van der Waals surface area contributed by atoms with Crippen molar-refractivity contribution in [3.63, 3.8) is 0 Å². The molecule has 0 saturated carbocycles. The topological polar surface area (TPSA) is 98.7 Å². The van der Waals surface area contributed by atoms with Crippen molar-refractivity contribution in [2.75, 3.05) is 5.32 Å². The van der Waals surface area contributed by atoms with Gasteiger partial charge in [-0.1, -0.05) is 6.92 Å². The van der Waals surface area contributed by atoms with E-state index < -0.39 is 5.54 Å². The van der Waals surface area contributed by atoms with Gasteiger partial charge in [0.25, 0.3) is 0 Å². The molecule has 0 fully saturated rings. The Morgan fingerprint density at radius 3 is 2.84 bits per heavy atom. The van der Waals surface area contributed by atoms with E-state index in [1.54, 1.807) is 31.6 Å². The van der Waals surface area contributed by atoms with Crippen molar-refractivity contribution in [2.24, 2.45) is 5.73 Å². The summed E-state index contributed by atoms with van der Waals surface area (Å²) in [7, 11) is 0. The first-order valence-corrected chi connectivity index (χ1v) is 5.94. The van der Waals surface area contributed by atoms with E-state index in [1.165, 1.54) is 11.0 Å². The molecule has 0 aliphatic rings. The van der Waals surface area contributed by atoms with E-state index in [2.05, 4.69) is 20.4 Å². The number of carbonyl (C=O) groups excluding carboxylic acids is 1. The van der Waals surface area contributed by atoms with Gasteiger partial charge >= 0.3 is 0 Å². The van der Waals surface area contributed by atoms with Gasteiger partial charge in [-0.25, -0.2) is 14.6 Å². The highest BCUT2D eigenvalue weighted by molar-refractivity contribution is 5.97. The molecule has 0 aromatic carbocycles. The number of hydrogen-bond acceptors (Lipinski definition) is 5. The van der Waals surface area contributed by atoms with E-state index in [0.29, 0.717) is 17.9 Å². The Labute approximate surface area is 110 Å². The largest absolute Gasteiger partial charge is 0.323 e. The molecule has 0 spiro atoms. The summed E-state index contributed by atoms with van der Waals surface area (Å²) < 4.78 is 1.53. The van der Waals surface area contributed by atoms with Gasteiger partial charge in [0.15, 0.2) is 5.82 Å². The molecule has 0 aliphatic heterocycles. The lowest BCUT2D eigenvalue weighted by Gasteiger charge is -2.21. The second-order valence-electron chi connectivity index (χ2n) is 4.47. The highest BCUT2D eigenvalue weighted by Gasteiger charge is 2.25. The van der Waals surface area contributed by atoms with Crippen molar-refractivity contribution in [1.29, 1.82) is 0 Å². The van der Waals surface area contributed by atoms with Crippen molar-refractivity contribution in [3.05, 3.63) is 31.0 Å². The van der Waals surface area contributed by atoms with Crippen LogP contribution in [0.5, 0.6) is 0 Å². The summed E-state index contributed by atoms with van der Waals surface area (Å²) in [6, 6.07) is 3.48. The predicted octanol–water partition coefficient (Wildman–Crippen LogP) is 0.728. The highest BCUT2D eigenvalue weighted by Crippen LogP contribution is 2.12. The van der Waals surface area contributed by atoms with Crippen LogP contribution in [0.4, 0.5) is 5.69 Å². The minimum atomic E-state index is -0.884. The van der Waals surface area contributed by atoms with Crippen LogP contribution in [-0.4, -0.2) is 31.2 Å². The van der Waals surface area contributed by atoms with E-state index in [1.807, 2.05) is 6.92 Å². The van der Waals surface area contributed by atoms with Crippen molar-refractivity contribution < 1.29 is 4.79 Å². The fraction of sp³-hybridized carbons (Fsp3) is 0.333. The Bertz CT molecular complexity index is 546. The minimum absolute atomic E-state index is 0.231. The molecular formula is C12H16N6O. The number of amides is 1. The fourth-order valence-electron chi connectivity index (χ4n) is 1.36. The number of nitrogens with one attached hydrogen (secondary N) is 1. The van der Waals surface area contributed by atoms with Crippen LogP contribution >= 0.6 is 0 Å². The molecule has 2 heterocycles. The monoisotopic (exact) mass is 260 g/mol. The third-order valence-corrected chi connectivity index (χ3v) is 2.91. The number of pyridine rings is 1. The molecule has 7 nitrogen and oxygen atoms in total. The summed E-state index contributed by atoms with van der Waals surface area (Å²) in [5, 5.41) is 6.70. The lowest BCUT2D eigenvalue weighted by molar-refractivity contribution is -0.120. The van der Waals surface area contributed by atoms with Gasteiger partial charge in [-0.05, 0) is 25.5 Å². The summed E-state index contributed by atoms with van der Waals surface area (Å²) in [6.07, 6.45) is 5.09. The van der Waals surface area contributed by atoms with Gasteiger partial charge in [-0.3, -0.25) is 4.79 Å². The van der Waals surface area contributed by atoms with Crippen LogP contribution in [0, 0.1) is 0 Å². The van der Waals surface area contributed by atoms with Gasteiger partial charge in [-0.2, -0.15) is 5.10 Å². The number of aromatic nitrogens is 4. The molecular weight excluding hydrogens is 244 g/mol. The van der Waals surface area contributed by atoms with E-state index in [9.17, 15) is 4.79 Å². The zero-order valence-corrected chi connectivity index (χ0v) is 10.9. The van der Waals surface area contributed by atoms with Crippen molar-refractivity contribution >= 4 is 11.6 Å². The Balaban J connectivity index is 2.10. The zero-order valence-electron chi connectivity index (χ0n) is 10.9. The first kappa shape index (κ1) is 13.2. The third kappa shape index (κ3) is 2.94. The molecule has 1 unspecified atom stereocenters. The van der Waals surface area contributed by atoms with E-state index in [4.69, 9.17) is 5.73 Å². The predicted molar refractivity (Wildman–Crippen MR) is 70.7 cm³/mol. The summed E-state index contributed by atoms with van der Waals surface area (Å²) in [6.45, 7) is 3.56. The zero-order chi connectivity index (χ0) is 13.9. The maximum Gasteiger partial charge on any atom is 0.244 e. The van der Waals surface area contributed by atoms with Crippen LogP contribution in [0.15, 0.2) is 31.0 Å². The quantitative estimate of drug-likeness (QED) is 0.844. The molecule has 7 heteroatoms. The first-order valence-electron chi connectivity index (χ1n) is 5.94. The Kier molecular flexibility index (Phi) is 3.57. The van der Waals surface area contributed by atoms with Crippen LogP contribution in [0.3, 0.4) is 0 Å². The number of nitrogens with two attached hydrogens (primary N) is 1. The molecule has 3 N–H and O–H groups in total. The van der Waals surface area contributed by atoms with Gasteiger partial charge in [-0.15, -0.1) is 0 Å². The van der Waals surface area contributed by atoms with Crippen molar-refractivity contribution in [1.82, 2.24) is 19.7 Å². The van der Waals surface area contributed by atoms with Gasteiger partial charge in [0.05, 0.1) is 17.4 Å². The lowest BCUT2D eigenvalue weighted by atomic mass is 9.99. The molecule has 2 aromatic heterocycles. The Morgan fingerprint density at radius 2 is 2.32 bits per heavy atom. The maximum absolute atomic E-state index is 11.9. The summed E-state index contributed by atoms with van der Waals surface area (Å²) in [5.74, 6) is 0.395. The Morgan fingerprint density at radius 1 is 1.53 bits per heavy atom. The molecule has 0 saturated heterocycles. The standard InChI is InChI=1S/C12H16N6O/c1-3-12(2,13)11(19)17-9-4-5-10(15-6-9)18-8-14-7-16-18/h4-8H,3,13H2,1-2H3,(H,17,19). The van der Waals surface area contributed by atoms with Crippen LogP contribution in [0.2, 0.25) is 0 Å². The summed E-state index contributed by atoms with van der Waals surface area (Å²) >= 11 is 0. The number of anilines is 1. The second kappa shape index (κ2) is 5.15. The minimum Gasteiger partial charge on any atom is -0.323 e. The summed E-state index contributed by atoms with van der Waals surface area (Å²) in [5.41, 5.74) is 5.57. The lowest BCUT2D eigenvalue weighted by Crippen LogP contribution is -2.47. The average Bonchev–Trinajstić information content (AvgIpc) is 2.93. The highest BCUT2D eigenvalue weighted by atomic mass is 16.2. The molecule has 2 rings (SSSR count). The van der Waals surface area contributed by atoms with Crippen LogP contribution in [-0.2, 0) is 4.79 Å². The van der Waals surface area contributed by atoms with Crippen LogP contribution in [0.1, 0.15) is 20.3 Å². The van der Waals surface area contributed by atoms with Crippen molar-refractivity contribution in [3.8, 4) is 5.82 Å². The van der Waals surface area contributed by atoms with Gasteiger partial charge in [0.2, 0.25) is 5.91 Å². The number of rotatable bonds is 4. The van der Waals surface area contributed by atoms with E-state index in [-0.39, 0.29) is 5.91 Å². The van der Waals surface area contributed by atoms with Crippen LogP contribution < -0.4 is 11.1 Å². The molecule has 19 heavy (non-hydrogen) atoms. The molecule has 2 aromatic rings. The maximum atomic E-state index is 11.9. The fourth-order valence-corrected chi connectivity index (χ4v) is 1.36. The third-order valence-electron chi connectivity index (χ3n) is 2.91. The number of carbonyl (C=O) groups is 1. The molecule has 0 radical (unpaired) electrons. The first-order chi connectivity index (χ1) is 9.03. The normalized spacial score (nSPS) is 13.8. The SMILES string of the molecule is CCC(C)(N)C(=O)Nc1ccc(-n2cncn2)nc1. The van der Waals surface area contributed by atoms with Gasteiger partial charge in [0.1, 0.15) is 12.7 Å². The molecule has 0 aliphatic carbocycles. The number of hydrogen-bond donors (Lipinski definition) is 2. The van der Waals surface area contributed by atoms with Crippen molar-refractivity contribution in [2.45, 2.75) is 25.8 Å². The summed E-state index contributed by atoms with van der Waals surface area (Å²) in [4.78, 5) is 19.9. The smallest absolute Gasteiger partial charge is 0.244 e. The van der Waals surface area contributed by atoms with Gasteiger partial charge in [0, 0.05) is 0 Å². The van der Waals surface area contributed by atoms with E-state index >= 15 is 0 Å². The molecule has 0 bridgehead atoms. The molecule has 1 atom stereocenters. The van der Waals surface area contributed by atoms with Gasteiger partial charge < -0.3 is 11.1 Å². The van der Waals surface area contributed by atoms with E-state index in [0.717, 1.165) is 0 Å². The Hall–Kier alpha value is -2.28. The molecule has 100 valence electrons. The van der Waals surface area contributed by atoms with Crippen LogP contribution in [0.25, 0.3) is 5.82 Å². The average molecular weight is 260 g/mol. The molecule has 1 amide bonds. The second-order valence-corrected chi connectivity index (χ2v) is 4.47. The number of nitrogens with zero attached hydrogens (tertiary/aromatic N) is 4.